The summed E-state index contributed by atoms with van der Waals surface area (Å²) in [4.78, 5) is 26.0. The summed E-state index contributed by atoms with van der Waals surface area (Å²) in [6.45, 7) is 2.01. The van der Waals surface area contributed by atoms with Crippen molar-refractivity contribution in [3.8, 4) is 0 Å². The van der Waals surface area contributed by atoms with Gasteiger partial charge in [-0.2, -0.15) is 0 Å². The Morgan fingerprint density at radius 3 is 2.73 bits per heavy atom. The minimum atomic E-state index is -0.472. The zero-order valence-electron chi connectivity index (χ0n) is 11.9. The van der Waals surface area contributed by atoms with Crippen LogP contribution in [0.2, 0.25) is 10.0 Å². The molecule has 0 bridgehead atoms. The molecule has 0 radical (unpaired) electrons. The van der Waals surface area contributed by atoms with E-state index in [9.17, 15) is 9.59 Å². The van der Waals surface area contributed by atoms with Crippen LogP contribution in [0.3, 0.4) is 0 Å². The van der Waals surface area contributed by atoms with Crippen LogP contribution >= 0.6 is 35.0 Å². The lowest BCUT2D eigenvalue weighted by Crippen LogP contribution is -2.48. The van der Waals surface area contributed by atoms with Gasteiger partial charge in [0.2, 0.25) is 11.8 Å². The van der Waals surface area contributed by atoms with Crippen molar-refractivity contribution in [2.75, 3.05) is 16.8 Å². The first kappa shape index (κ1) is 15.8. The van der Waals surface area contributed by atoms with Gasteiger partial charge in [-0.1, -0.05) is 23.2 Å². The number of hydrogen-bond donors (Lipinski definition) is 2. The molecule has 0 saturated carbocycles. The molecule has 2 amide bonds. The zero-order valence-corrected chi connectivity index (χ0v) is 14.2. The van der Waals surface area contributed by atoms with Crippen molar-refractivity contribution in [2.45, 2.75) is 30.7 Å². The highest BCUT2D eigenvalue weighted by molar-refractivity contribution is 8.01. The van der Waals surface area contributed by atoms with Gasteiger partial charge < -0.3 is 16.0 Å². The Labute approximate surface area is 142 Å². The number of nitrogen functional groups attached to an aromatic ring is 1. The Balaban J connectivity index is 1.79. The number of hydrogen-bond acceptors (Lipinski definition) is 4. The highest BCUT2D eigenvalue weighted by atomic mass is 35.5. The van der Waals surface area contributed by atoms with Crippen molar-refractivity contribution >= 4 is 58.2 Å². The summed E-state index contributed by atoms with van der Waals surface area (Å²) in [5.74, 6) is 0.384. The maximum atomic E-state index is 12.5. The number of nitrogens with one attached hydrogen (secondary N) is 1. The average molecular weight is 360 g/mol. The van der Waals surface area contributed by atoms with Crippen molar-refractivity contribution < 1.29 is 9.59 Å². The number of carbonyl (C=O) groups is 2. The van der Waals surface area contributed by atoms with Crippen LogP contribution in [0.15, 0.2) is 12.1 Å². The topological polar surface area (TPSA) is 75.4 Å². The highest BCUT2D eigenvalue weighted by Gasteiger charge is 2.52. The van der Waals surface area contributed by atoms with Crippen LogP contribution in [0.1, 0.15) is 19.8 Å². The van der Waals surface area contributed by atoms with Crippen molar-refractivity contribution in [2.24, 2.45) is 0 Å². The average Bonchev–Trinajstić information content (AvgIpc) is 2.93. The third-order valence-corrected chi connectivity index (χ3v) is 6.22. The molecule has 1 aromatic rings. The molecule has 2 atom stereocenters. The first-order valence-electron chi connectivity index (χ1n) is 6.83. The molecule has 5 nitrogen and oxygen atoms in total. The highest BCUT2D eigenvalue weighted by Crippen LogP contribution is 2.47. The van der Waals surface area contributed by atoms with E-state index in [2.05, 4.69) is 5.32 Å². The van der Waals surface area contributed by atoms with Gasteiger partial charge in [0, 0.05) is 17.9 Å². The standard InChI is InChI=1S/C14H15Cl2N3O2S/c1-14-3-2-11(20)19(14)10(6-22-14)13(21)18-7-4-8(15)12(17)9(16)5-7/h4-5,10H,2-3,6,17H2,1H3,(H,18,21)/t10-,14-/m1/s1. The maximum absolute atomic E-state index is 12.5. The number of fused-ring (bicyclic) bond motifs is 1. The van der Waals surface area contributed by atoms with Crippen LogP contribution in [0.4, 0.5) is 11.4 Å². The summed E-state index contributed by atoms with van der Waals surface area (Å²) in [6, 6.07) is 2.63. The number of benzene rings is 1. The number of halogens is 2. The number of rotatable bonds is 2. The van der Waals surface area contributed by atoms with Gasteiger partial charge in [0.15, 0.2) is 0 Å². The molecule has 8 heteroatoms. The lowest BCUT2D eigenvalue weighted by atomic mass is 10.2. The normalized spacial score (nSPS) is 27.1. The van der Waals surface area contributed by atoms with Crippen LogP contribution in [0, 0.1) is 0 Å². The third-order valence-electron chi connectivity index (χ3n) is 4.09. The molecule has 1 aromatic carbocycles. The molecule has 2 aliphatic rings. The summed E-state index contributed by atoms with van der Waals surface area (Å²) >= 11 is 13.6. The van der Waals surface area contributed by atoms with E-state index in [4.69, 9.17) is 28.9 Å². The van der Waals surface area contributed by atoms with E-state index >= 15 is 0 Å². The van der Waals surface area contributed by atoms with Crippen LogP contribution in [0.25, 0.3) is 0 Å². The minimum absolute atomic E-state index is 0.0287. The Morgan fingerprint density at radius 1 is 1.45 bits per heavy atom. The number of anilines is 2. The van der Waals surface area contributed by atoms with Crippen LogP contribution in [-0.2, 0) is 9.59 Å². The van der Waals surface area contributed by atoms with Crippen molar-refractivity contribution in [3.05, 3.63) is 22.2 Å². The van der Waals surface area contributed by atoms with Gasteiger partial charge in [0.1, 0.15) is 6.04 Å². The fourth-order valence-corrected chi connectivity index (χ4v) is 4.82. The zero-order chi connectivity index (χ0) is 16.1. The first-order chi connectivity index (χ1) is 10.3. The fraction of sp³-hybridized carbons (Fsp3) is 0.429. The predicted molar refractivity (Wildman–Crippen MR) is 90.2 cm³/mol. The number of nitrogens with zero attached hydrogens (tertiary/aromatic N) is 1. The van der Waals surface area contributed by atoms with Gasteiger partial charge in [0.25, 0.3) is 0 Å². The molecule has 2 saturated heterocycles. The van der Waals surface area contributed by atoms with Gasteiger partial charge in [0.05, 0.1) is 20.6 Å². The molecule has 0 unspecified atom stereocenters. The van der Waals surface area contributed by atoms with Crippen LogP contribution in [0.5, 0.6) is 0 Å². The Bertz CT molecular complexity index is 646. The maximum Gasteiger partial charge on any atom is 0.248 e. The molecule has 3 N–H and O–H groups in total. The number of nitrogens with two attached hydrogens (primary N) is 1. The Hall–Kier alpha value is -1.11. The second-order valence-electron chi connectivity index (χ2n) is 5.61. The predicted octanol–water partition coefficient (Wildman–Crippen LogP) is 2.97. The van der Waals surface area contributed by atoms with Crippen LogP contribution in [-0.4, -0.2) is 33.4 Å². The van der Waals surface area contributed by atoms with E-state index in [1.165, 1.54) is 0 Å². The molecule has 2 fully saturated rings. The van der Waals surface area contributed by atoms with E-state index in [1.54, 1.807) is 28.8 Å². The first-order valence-corrected chi connectivity index (χ1v) is 8.57. The molecule has 0 spiro atoms. The molecule has 2 aliphatic heterocycles. The largest absolute Gasteiger partial charge is 0.396 e. The quantitative estimate of drug-likeness (QED) is 0.795. The number of thioether (sulfide) groups is 1. The second-order valence-corrected chi connectivity index (χ2v) is 7.92. The fourth-order valence-electron chi connectivity index (χ4n) is 2.90. The number of carbonyl (C=O) groups excluding carboxylic acids is 2. The summed E-state index contributed by atoms with van der Waals surface area (Å²) < 4.78 is 0. The summed E-state index contributed by atoms with van der Waals surface area (Å²) in [5.41, 5.74) is 6.43. The van der Waals surface area contributed by atoms with E-state index in [1.807, 2.05) is 6.92 Å². The van der Waals surface area contributed by atoms with E-state index in [-0.39, 0.29) is 32.4 Å². The second kappa shape index (κ2) is 5.51. The van der Waals surface area contributed by atoms with Crippen molar-refractivity contribution in [1.29, 1.82) is 0 Å². The molecule has 118 valence electrons. The Kier molecular flexibility index (Phi) is 3.95. The molecule has 0 aromatic heterocycles. The molecule has 0 aliphatic carbocycles. The van der Waals surface area contributed by atoms with E-state index < -0.39 is 6.04 Å². The molecular weight excluding hydrogens is 345 g/mol. The van der Waals surface area contributed by atoms with Crippen molar-refractivity contribution in [3.63, 3.8) is 0 Å². The Morgan fingerprint density at radius 2 is 2.09 bits per heavy atom. The van der Waals surface area contributed by atoms with Gasteiger partial charge in [-0.3, -0.25) is 9.59 Å². The molecule has 2 heterocycles. The lowest BCUT2D eigenvalue weighted by Gasteiger charge is -2.29. The molecule has 22 heavy (non-hydrogen) atoms. The van der Waals surface area contributed by atoms with Gasteiger partial charge in [-0.25, -0.2) is 0 Å². The molecule has 3 rings (SSSR count). The van der Waals surface area contributed by atoms with E-state index in [0.29, 0.717) is 17.9 Å². The summed E-state index contributed by atoms with van der Waals surface area (Å²) in [7, 11) is 0. The van der Waals surface area contributed by atoms with Crippen LogP contribution < -0.4 is 11.1 Å². The summed E-state index contributed by atoms with van der Waals surface area (Å²) in [6.07, 6.45) is 1.27. The van der Waals surface area contributed by atoms with Gasteiger partial charge in [-0.05, 0) is 25.5 Å². The van der Waals surface area contributed by atoms with Gasteiger partial charge >= 0.3 is 0 Å². The van der Waals surface area contributed by atoms with E-state index in [0.717, 1.165) is 6.42 Å². The SMILES string of the molecule is C[C@@]12CCC(=O)N1[C@@H](C(=O)Nc1cc(Cl)c(N)c(Cl)c1)CS2. The van der Waals surface area contributed by atoms with Gasteiger partial charge in [-0.15, -0.1) is 11.8 Å². The number of amides is 2. The van der Waals surface area contributed by atoms with Crippen molar-refractivity contribution in [1.82, 2.24) is 4.90 Å². The lowest BCUT2D eigenvalue weighted by molar-refractivity contribution is -0.135. The third kappa shape index (κ3) is 2.53. The minimum Gasteiger partial charge on any atom is -0.396 e. The smallest absolute Gasteiger partial charge is 0.248 e. The molecular formula is C14H15Cl2N3O2S. The monoisotopic (exact) mass is 359 g/mol. The summed E-state index contributed by atoms with van der Waals surface area (Å²) in [5, 5.41) is 3.34.